The topological polar surface area (TPSA) is 76.1 Å². The van der Waals surface area contributed by atoms with E-state index in [4.69, 9.17) is 4.74 Å². The number of nitrogens with zero attached hydrogens (tertiary/aromatic N) is 2. The molecular weight excluding hydrogens is 220 g/mol. The fourth-order valence-electron chi connectivity index (χ4n) is 1.18. The Bertz CT molecular complexity index is 387. The van der Waals surface area contributed by atoms with Gasteiger partial charge in [0.15, 0.2) is 0 Å². The first-order chi connectivity index (χ1) is 7.92. The van der Waals surface area contributed by atoms with Gasteiger partial charge in [0, 0.05) is 6.54 Å². The summed E-state index contributed by atoms with van der Waals surface area (Å²) in [6, 6.07) is 0. The number of hydrogen-bond donors (Lipinski definition) is 2. The average molecular weight is 238 g/mol. The molecule has 1 aromatic rings. The van der Waals surface area contributed by atoms with Gasteiger partial charge in [0.2, 0.25) is 0 Å². The number of carbonyl (C=O) groups is 1. The molecule has 0 aliphatic heterocycles. The highest BCUT2D eigenvalue weighted by molar-refractivity contribution is 5.85. The van der Waals surface area contributed by atoms with Gasteiger partial charge in [0.05, 0.1) is 17.6 Å². The summed E-state index contributed by atoms with van der Waals surface area (Å²) in [6.45, 7) is 5.97. The Hall–Kier alpha value is -1.69. The number of ether oxygens (including phenoxy) is 1. The highest BCUT2D eigenvalue weighted by Gasteiger charge is 2.17. The summed E-state index contributed by atoms with van der Waals surface area (Å²) in [4.78, 5) is 19.5. The van der Waals surface area contributed by atoms with E-state index in [1.165, 1.54) is 6.33 Å². The van der Waals surface area contributed by atoms with Crippen LogP contribution in [-0.4, -0.2) is 28.7 Å². The van der Waals surface area contributed by atoms with Crippen LogP contribution < -0.4 is 10.6 Å². The first-order valence-corrected chi connectivity index (χ1v) is 5.36. The van der Waals surface area contributed by atoms with E-state index in [1.54, 1.807) is 13.2 Å². The minimum absolute atomic E-state index is 0.510. The molecule has 0 spiro atoms. The van der Waals surface area contributed by atoms with Crippen LogP contribution in [0, 0.1) is 0 Å². The summed E-state index contributed by atoms with van der Waals surface area (Å²) in [5.74, 6) is 0. The van der Waals surface area contributed by atoms with Crippen molar-refractivity contribution in [1.29, 1.82) is 0 Å². The fourth-order valence-corrected chi connectivity index (χ4v) is 1.18. The summed E-state index contributed by atoms with van der Waals surface area (Å²) in [5.41, 5.74) is 0.743. The Morgan fingerprint density at radius 1 is 1.47 bits per heavy atom. The number of nitrogens with one attached hydrogen (secondary N) is 2. The Balaban J connectivity index is 2.71. The maximum Gasteiger partial charge on any atom is 0.412 e. The molecule has 17 heavy (non-hydrogen) atoms. The first-order valence-electron chi connectivity index (χ1n) is 5.36. The monoisotopic (exact) mass is 238 g/mol. The average Bonchev–Trinajstić information content (AvgIpc) is 2.18. The first kappa shape index (κ1) is 13.4. The lowest BCUT2D eigenvalue weighted by molar-refractivity contribution is 0.0635. The molecule has 6 heteroatoms. The summed E-state index contributed by atoms with van der Waals surface area (Å²) in [7, 11) is 1.80. The maximum absolute atomic E-state index is 11.6. The molecule has 0 saturated carbocycles. The number of amides is 1. The van der Waals surface area contributed by atoms with E-state index in [1.807, 2.05) is 20.8 Å². The number of aromatic nitrogens is 2. The number of rotatable bonds is 3. The number of anilines is 1. The quantitative estimate of drug-likeness (QED) is 0.835. The summed E-state index contributed by atoms with van der Waals surface area (Å²) in [5, 5.41) is 5.59. The van der Waals surface area contributed by atoms with E-state index < -0.39 is 11.7 Å². The molecule has 0 aliphatic carbocycles. The van der Waals surface area contributed by atoms with Gasteiger partial charge in [0.25, 0.3) is 0 Å². The van der Waals surface area contributed by atoms with Crippen molar-refractivity contribution in [1.82, 2.24) is 15.3 Å². The van der Waals surface area contributed by atoms with Gasteiger partial charge < -0.3 is 10.1 Å². The summed E-state index contributed by atoms with van der Waals surface area (Å²) >= 11 is 0. The molecule has 0 radical (unpaired) electrons. The maximum atomic E-state index is 11.6. The highest BCUT2D eigenvalue weighted by Crippen LogP contribution is 2.13. The molecule has 0 bridgehead atoms. The molecule has 1 amide bonds. The van der Waals surface area contributed by atoms with Crippen LogP contribution in [-0.2, 0) is 11.3 Å². The van der Waals surface area contributed by atoms with Crippen LogP contribution in [0.2, 0.25) is 0 Å². The zero-order valence-electron chi connectivity index (χ0n) is 10.6. The summed E-state index contributed by atoms with van der Waals surface area (Å²) in [6.07, 6.45) is 2.47. The molecule has 1 aromatic heterocycles. The van der Waals surface area contributed by atoms with Crippen LogP contribution in [0.15, 0.2) is 12.5 Å². The molecule has 1 rings (SSSR count). The van der Waals surface area contributed by atoms with Crippen molar-refractivity contribution in [3.05, 3.63) is 18.2 Å². The SMILES string of the molecule is CNCc1ncncc1NC(=O)OC(C)(C)C. The van der Waals surface area contributed by atoms with E-state index >= 15 is 0 Å². The van der Waals surface area contributed by atoms with Gasteiger partial charge in [-0.15, -0.1) is 0 Å². The molecule has 0 atom stereocenters. The Labute approximate surface area is 101 Å². The van der Waals surface area contributed by atoms with Crippen LogP contribution in [0.4, 0.5) is 10.5 Å². The van der Waals surface area contributed by atoms with Gasteiger partial charge >= 0.3 is 6.09 Å². The van der Waals surface area contributed by atoms with Crippen molar-refractivity contribution in [2.24, 2.45) is 0 Å². The van der Waals surface area contributed by atoms with Crippen molar-refractivity contribution in [2.45, 2.75) is 32.9 Å². The molecule has 0 aliphatic rings. The number of carbonyl (C=O) groups excluding carboxylic acids is 1. The third-order valence-corrected chi connectivity index (χ3v) is 1.77. The minimum atomic E-state index is -0.525. The van der Waals surface area contributed by atoms with Gasteiger partial charge in [-0.1, -0.05) is 0 Å². The largest absolute Gasteiger partial charge is 0.444 e. The third-order valence-electron chi connectivity index (χ3n) is 1.77. The summed E-state index contributed by atoms with van der Waals surface area (Å²) < 4.78 is 5.15. The molecular formula is C11H18N4O2. The van der Waals surface area contributed by atoms with Crippen molar-refractivity contribution in [3.8, 4) is 0 Å². The molecule has 0 aromatic carbocycles. The third kappa shape index (κ3) is 4.78. The Morgan fingerprint density at radius 3 is 2.76 bits per heavy atom. The van der Waals surface area contributed by atoms with E-state index in [0.29, 0.717) is 17.9 Å². The van der Waals surface area contributed by atoms with Crippen LogP contribution in [0.25, 0.3) is 0 Å². The second-order valence-corrected chi connectivity index (χ2v) is 4.54. The molecule has 94 valence electrons. The normalized spacial score (nSPS) is 11.1. The predicted octanol–water partition coefficient (Wildman–Crippen LogP) is 1.54. The lowest BCUT2D eigenvalue weighted by Crippen LogP contribution is -2.28. The fraction of sp³-hybridized carbons (Fsp3) is 0.545. The van der Waals surface area contributed by atoms with Crippen LogP contribution in [0.3, 0.4) is 0 Å². The van der Waals surface area contributed by atoms with Gasteiger partial charge in [-0.2, -0.15) is 0 Å². The second kappa shape index (κ2) is 5.58. The molecule has 0 unspecified atom stereocenters. The van der Waals surface area contributed by atoms with Crippen LogP contribution >= 0.6 is 0 Å². The zero-order chi connectivity index (χ0) is 12.9. The lowest BCUT2D eigenvalue weighted by Gasteiger charge is -2.20. The van der Waals surface area contributed by atoms with E-state index in [9.17, 15) is 4.79 Å². The smallest absolute Gasteiger partial charge is 0.412 e. The van der Waals surface area contributed by atoms with Crippen LogP contribution in [0.5, 0.6) is 0 Å². The van der Waals surface area contributed by atoms with Crippen molar-refractivity contribution >= 4 is 11.8 Å². The molecule has 2 N–H and O–H groups in total. The zero-order valence-corrected chi connectivity index (χ0v) is 10.6. The van der Waals surface area contributed by atoms with Gasteiger partial charge in [-0.25, -0.2) is 14.8 Å². The predicted molar refractivity (Wildman–Crippen MR) is 64.7 cm³/mol. The van der Waals surface area contributed by atoms with Gasteiger partial charge in [-0.05, 0) is 27.8 Å². The Kier molecular flexibility index (Phi) is 4.39. The molecule has 0 saturated heterocycles. The van der Waals surface area contributed by atoms with Crippen molar-refractivity contribution in [3.63, 3.8) is 0 Å². The van der Waals surface area contributed by atoms with E-state index in [0.717, 1.165) is 0 Å². The molecule has 1 heterocycles. The molecule has 6 nitrogen and oxygen atoms in total. The second-order valence-electron chi connectivity index (χ2n) is 4.54. The van der Waals surface area contributed by atoms with E-state index in [-0.39, 0.29) is 0 Å². The van der Waals surface area contributed by atoms with Gasteiger partial charge in [0.1, 0.15) is 11.9 Å². The molecule has 0 fully saturated rings. The minimum Gasteiger partial charge on any atom is -0.444 e. The Morgan fingerprint density at radius 2 is 2.18 bits per heavy atom. The van der Waals surface area contributed by atoms with E-state index in [2.05, 4.69) is 20.6 Å². The highest BCUT2D eigenvalue weighted by atomic mass is 16.6. The standard InChI is InChI=1S/C11H18N4O2/c1-11(2,3)17-10(16)15-9-6-13-7-14-8(9)5-12-4/h6-7,12H,5H2,1-4H3,(H,15,16). The van der Waals surface area contributed by atoms with Crippen molar-refractivity contribution < 1.29 is 9.53 Å². The number of hydrogen-bond acceptors (Lipinski definition) is 5. The lowest BCUT2D eigenvalue weighted by atomic mass is 10.2. The van der Waals surface area contributed by atoms with Crippen LogP contribution in [0.1, 0.15) is 26.5 Å². The van der Waals surface area contributed by atoms with Gasteiger partial charge in [-0.3, -0.25) is 5.32 Å². The van der Waals surface area contributed by atoms with Crippen molar-refractivity contribution in [2.75, 3.05) is 12.4 Å².